The van der Waals surface area contributed by atoms with Crippen LogP contribution in [0.5, 0.6) is 11.5 Å². The van der Waals surface area contributed by atoms with Crippen molar-refractivity contribution in [3.63, 3.8) is 0 Å². The third-order valence-corrected chi connectivity index (χ3v) is 11.9. The molecule has 11 heteroatoms. The van der Waals surface area contributed by atoms with Crippen LogP contribution in [0.15, 0.2) is 102 Å². The summed E-state index contributed by atoms with van der Waals surface area (Å²) < 4.78 is 41.5. The predicted octanol–water partition coefficient (Wildman–Crippen LogP) is 10.1. The van der Waals surface area contributed by atoms with Gasteiger partial charge in [-0.15, -0.1) is 6.58 Å². The van der Waals surface area contributed by atoms with E-state index in [-0.39, 0.29) is 75.0 Å². The number of ether oxygens (including phenoxy) is 4. The van der Waals surface area contributed by atoms with E-state index in [4.69, 9.17) is 28.9 Å². The SMILES string of the molecule is C=CCOC12Oc3ccc(OCc4ccccc4F)cc3C3C(CCCCO)C(CCCCO)C=C(C(=NOCc4ccccc4)CC1N(CCC)C(=O)OCC(C)(C)C)C32. The van der Waals surface area contributed by atoms with Crippen LogP contribution < -0.4 is 9.47 Å². The molecule has 0 bridgehead atoms. The third kappa shape index (κ3) is 11.0. The van der Waals surface area contributed by atoms with E-state index >= 15 is 0 Å². The minimum absolute atomic E-state index is 0.0351. The standard InChI is InChI=1S/C50H65FN2O8/c1-6-25-53(48(56)58-34-49(3,4)5)45-31-43(52-60-32-35-17-9-8-10-18-35)40-29-36(19-13-15-26-54)39(21-14-16-27-55)46-41-30-38(57-33-37-20-11-12-22-42(37)51)23-24-44(41)61-50(45,47(40)46)59-28-7-2/h7-12,17-18,20,22-24,29-30,36,39,45-47,54-55H,2,6,13-16,19,21,25-28,31-34H2,1,3-5H3. The lowest BCUT2D eigenvalue weighted by atomic mass is 9.55. The zero-order chi connectivity index (χ0) is 43.4. The Balaban J connectivity index is 1.55. The number of halogens is 1. The molecule has 1 amide bonds. The van der Waals surface area contributed by atoms with Crippen molar-refractivity contribution < 1.29 is 43.2 Å². The second-order valence-corrected chi connectivity index (χ2v) is 17.7. The number of allylic oxidation sites excluding steroid dienone is 1. The van der Waals surface area contributed by atoms with Gasteiger partial charge in [-0.05, 0) is 84.8 Å². The molecule has 3 aromatic rings. The Morgan fingerprint density at radius 1 is 1.00 bits per heavy atom. The van der Waals surface area contributed by atoms with Crippen LogP contribution in [0, 0.1) is 29.0 Å². The molecule has 1 heterocycles. The molecule has 10 nitrogen and oxygen atoms in total. The summed E-state index contributed by atoms with van der Waals surface area (Å²) in [6.07, 6.45) is 9.02. The molecule has 3 aliphatic rings. The summed E-state index contributed by atoms with van der Waals surface area (Å²) in [4.78, 5) is 22.4. The van der Waals surface area contributed by atoms with E-state index < -0.39 is 23.8 Å². The van der Waals surface area contributed by atoms with Crippen LogP contribution in [0.3, 0.4) is 0 Å². The summed E-state index contributed by atoms with van der Waals surface area (Å²) in [6.45, 7) is 13.4. The van der Waals surface area contributed by atoms with Crippen molar-refractivity contribution in [2.24, 2.45) is 28.3 Å². The van der Waals surface area contributed by atoms with Gasteiger partial charge in [-0.3, -0.25) is 4.90 Å². The van der Waals surface area contributed by atoms with Crippen molar-refractivity contribution in [3.8, 4) is 11.5 Å². The maximum atomic E-state index is 14.8. The molecular formula is C50H65FN2O8. The molecule has 1 fully saturated rings. The number of aliphatic hydroxyl groups excluding tert-OH is 2. The lowest BCUT2D eigenvalue weighted by molar-refractivity contribution is -0.255. The zero-order valence-corrected chi connectivity index (χ0v) is 36.4. The van der Waals surface area contributed by atoms with Crippen LogP contribution in [0.2, 0.25) is 0 Å². The number of hydrogen-bond acceptors (Lipinski definition) is 9. The van der Waals surface area contributed by atoms with Crippen molar-refractivity contribution in [3.05, 3.63) is 120 Å². The summed E-state index contributed by atoms with van der Waals surface area (Å²) in [5, 5.41) is 24.8. The zero-order valence-electron chi connectivity index (χ0n) is 36.4. The molecule has 6 rings (SSSR count). The Morgan fingerprint density at radius 2 is 1.74 bits per heavy atom. The number of hydrogen-bond donors (Lipinski definition) is 2. The molecule has 1 aliphatic heterocycles. The number of benzene rings is 3. The molecule has 330 valence electrons. The fraction of sp³-hybridized carbons (Fsp3) is 0.520. The summed E-state index contributed by atoms with van der Waals surface area (Å²) >= 11 is 0. The van der Waals surface area contributed by atoms with E-state index in [2.05, 4.69) is 12.7 Å². The van der Waals surface area contributed by atoms with Gasteiger partial charge in [0.1, 0.15) is 36.6 Å². The van der Waals surface area contributed by atoms with Gasteiger partial charge < -0.3 is 34.0 Å². The number of carbonyl (C=O) groups excluding carboxylic acids is 1. The van der Waals surface area contributed by atoms with Crippen LogP contribution in [0.25, 0.3) is 0 Å². The Kier molecular flexibility index (Phi) is 16.1. The molecule has 2 aliphatic carbocycles. The Bertz CT molecular complexity index is 1960. The number of nitrogens with zero attached hydrogens (tertiary/aromatic N) is 2. The summed E-state index contributed by atoms with van der Waals surface area (Å²) in [5.74, 6) is -1.19. The van der Waals surface area contributed by atoms with Crippen LogP contribution in [-0.2, 0) is 27.5 Å². The first kappa shape index (κ1) is 45.8. The molecule has 6 atom stereocenters. The number of fused-ring (bicyclic) bond motifs is 2. The smallest absolute Gasteiger partial charge is 0.410 e. The predicted molar refractivity (Wildman–Crippen MR) is 235 cm³/mol. The average molecular weight is 841 g/mol. The van der Waals surface area contributed by atoms with Gasteiger partial charge >= 0.3 is 6.09 Å². The maximum absolute atomic E-state index is 14.8. The Labute approximate surface area is 361 Å². The van der Waals surface area contributed by atoms with Crippen molar-refractivity contribution in [1.82, 2.24) is 4.90 Å². The topological polar surface area (TPSA) is 119 Å². The van der Waals surface area contributed by atoms with Gasteiger partial charge in [0.05, 0.1) is 24.8 Å². The van der Waals surface area contributed by atoms with Crippen LogP contribution in [0.1, 0.15) is 102 Å². The second kappa shape index (κ2) is 21.4. The number of unbranched alkanes of at least 4 members (excludes halogenated alkanes) is 2. The number of rotatable bonds is 21. The number of amides is 1. The molecule has 6 unspecified atom stereocenters. The highest BCUT2D eigenvalue weighted by Gasteiger charge is 2.65. The molecule has 0 radical (unpaired) electrons. The molecule has 0 aromatic heterocycles. The fourth-order valence-corrected chi connectivity index (χ4v) is 9.25. The lowest BCUT2D eigenvalue weighted by Crippen LogP contribution is -2.70. The van der Waals surface area contributed by atoms with Crippen LogP contribution in [-0.4, -0.2) is 71.7 Å². The van der Waals surface area contributed by atoms with Gasteiger partial charge in [0.2, 0.25) is 5.79 Å². The first-order valence-electron chi connectivity index (χ1n) is 22.1. The van der Waals surface area contributed by atoms with Gasteiger partial charge in [0.15, 0.2) is 0 Å². The molecule has 3 aromatic carbocycles. The lowest BCUT2D eigenvalue weighted by Gasteiger charge is -2.60. The molecule has 1 saturated carbocycles. The highest BCUT2D eigenvalue weighted by Crippen LogP contribution is 2.62. The largest absolute Gasteiger partial charge is 0.489 e. The summed E-state index contributed by atoms with van der Waals surface area (Å²) in [6, 6.07) is 21.5. The summed E-state index contributed by atoms with van der Waals surface area (Å²) in [7, 11) is 0. The molecule has 0 spiro atoms. The van der Waals surface area contributed by atoms with Crippen molar-refractivity contribution in [2.75, 3.05) is 33.0 Å². The van der Waals surface area contributed by atoms with Gasteiger partial charge in [-0.25, -0.2) is 9.18 Å². The quantitative estimate of drug-likeness (QED) is 0.0618. The van der Waals surface area contributed by atoms with Crippen molar-refractivity contribution >= 4 is 11.8 Å². The van der Waals surface area contributed by atoms with Gasteiger partial charge in [0, 0.05) is 43.2 Å². The van der Waals surface area contributed by atoms with E-state index in [1.54, 1.807) is 29.2 Å². The van der Waals surface area contributed by atoms with E-state index in [1.807, 2.05) is 76.2 Å². The molecule has 2 N–H and O–H groups in total. The maximum Gasteiger partial charge on any atom is 0.410 e. The van der Waals surface area contributed by atoms with E-state index in [0.29, 0.717) is 48.6 Å². The van der Waals surface area contributed by atoms with E-state index in [9.17, 15) is 19.4 Å². The Morgan fingerprint density at radius 3 is 2.44 bits per heavy atom. The minimum atomic E-state index is -1.41. The van der Waals surface area contributed by atoms with E-state index in [1.165, 1.54) is 6.07 Å². The second-order valence-electron chi connectivity index (χ2n) is 17.7. The minimum Gasteiger partial charge on any atom is -0.489 e. The normalized spacial score (nSPS) is 23.6. The van der Waals surface area contributed by atoms with Crippen LogP contribution in [0.4, 0.5) is 9.18 Å². The highest BCUT2D eigenvalue weighted by molar-refractivity contribution is 6.03. The van der Waals surface area contributed by atoms with Gasteiger partial charge in [-0.2, -0.15) is 0 Å². The Hall–Kier alpha value is -4.71. The monoisotopic (exact) mass is 840 g/mol. The molecular weight excluding hydrogens is 776 g/mol. The first-order chi connectivity index (χ1) is 29.5. The van der Waals surface area contributed by atoms with Gasteiger partial charge in [0.25, 0.3) is 0 Å². The third-order valence-electron chi connectivity index (χ3n) is 11.9. The summed E-state index contributed by atoms with van der Waals surface area (Å²) in [5.41, 5.74) is 3.72. The van der Waals surface area contributed by atoms with Crippen molar-refractivity contribution in [1.29, 1.82) is 0 Å². The first-order valence-corrected chi connectivity index (χ1v) is 22.1. The van der Waals surface area contributed by atoms with Crippen molar-refractivity contribution in [2.45, 2.75) is 110 Å². The average Bonchev–Trinajstić information content (AvgIpc) is 3.25. The van der Waals surface area contributed by atoms with Crippen LogP contribution >= 0.6 is 0 Å². The molecule has 0 saturated heterocycles. The highest BCUT2D eigenvalue weighted by atomic mass is 19.1. The number of carbonyl (C=O) groups is 1. The van der Waals surface area contributed by atoms with Gasteiger partial charge in [-0.1, -0.05) is 106 Å². The number of aliphatic hydroxyl groups is 2. The number of oxime groups is 1. The van der Waals surface area contributed by atoms with E-state index in [0.717, 1.165) is 42.4 Å². The molecule has 61 heavy (non-hydrogen) atoms. The fourth-order valence-electron chi connectivity index (χ4n) is 9.25.